The molecule has 186 valence electrons. The lowest BCUT2D eigenvalue weighted by Crippen LogP contribution is -2.33. The van der Waals surface area contributed by atoms with Crippen molar-refractivity contribution < 1.29 is 37.0 Å². The number of pyridine rings is 2. The minimum atomic E-state index is -5.27. The molecule has 12 heteroatoms. The highest BCUT2D eigenvalue weighted by atomic mass is 19.4. The van der Waals surface area contributed by atoms with Crippen LogP contribution in [0.25, 0.3) is 21.9 Å². The van der Waals surface area contributed by atoms with E-state index in [2.05, 4.69) is 9.72 Å². The van der Waals surface area contributed by atoms with E-state index in [0.29, 0.717) is 33.4 Å². The average molecular weight is 493 g/mol. The monoisotopic (exact) mass is 493 g/mol. The molecule has 9 nitrogen and oxygen atoms in total. The Kier molecular flexibility index (Phi) is 7.44. The van der Waals surface area contributed by atoms with Crippen molar-refractivity contribution in [1.29, 1.82) is 0 Å². The minimum Gasteiger partial charge on any atom is -0.496 e. The van der Waals surface area contributed by atoms with Crippen molar-refractivity contribution in [3.63, 3.8) is 0 Å². The van der Waals surface area contributed by atoms with Crippen LogP contribution in [0, 0.1) is 0 Å². The van der Waals surface area contributed by atoms with Crippen LogP contribution in [-0.4, -0.2) is 60.4 Å². The number of ether oxygens (including phenoxy) is 3. The highest BCUT2D eigenvalue weighted by Gasteiger charge is 2.42. The number of hydrogen-bond donors (Lipinski definition) is 0. The van der Waals surface area contributed by atoms with E-state index in [4.69, 9.17) is 9.47 Å². The van der Waals surface area contributed by atoms with Crippen molar-refractivity contribution >= 4 is 22.7 Å². The van der Waals surface area contributed by atoms with E-state index in [1.165, 1.54) is 36.9 Å². The molecule has 0 aliphatic heterocycles. The molecule has 0 fully saturated rings. The maximum atomic E-state index is 12.5. The zero-order chi connectivity index (χ0) is 25.9. The summed E-state index contributed by atoms with van der Waals surface area (Å²) in [6, 6.07) is 5.16. The molecule has 1 aromatic carbocycles. The number of hydrogen-bond acceptors (Lipinski definition) is 8. The standard InChI is InChI=1S/C23H22F3N3O6/c1-28(12-20(30)35-22(32)23(24,25)26)10-17-18(33-3)7-13(8-19(17)34-4)16-11-29(2)21(31)15-9-27-6-5-14(15)16/h5-9,11H,10,12H2,1-4H3. The number of nitrogens with zero attached hydrogens (tertiary/aromatic N) is 3. The molecule has 0 aliphatic rings. The first kappa shape index (κ1) is 25.7. The Morgan fingerprint density at radius 1 is 1.11 bits per heavy atom. The van der Waals surface area contributed by atoms with E-state index in [0.717, 1.165) is 5.56 Å². The molecule has 0 saturated carbocycles. The van der Waals surface area contributed by atoms with Crippen molar-refractivity contribution in [3.05, 3.63) is 52.7 Å². The van der Waals surface area contributed by atoms with Gasteiger partial charge in [-0.25, -0.2) is 4.79 Å². The zero-order valence-electron chi connectivity index (χ0n) is 19.3. The molecule has 35 heavy (non-hydrogen) atoms. The molecule has 2 heterocycles. The minimum absolute atomic E-state index is 0.0277. The zero-order valence-corrected chi connectivity index (χ0v) is 19.3. The Labute approximate surface area is 197 Å². The van der Waals surface area contributed by atoms with Crippen molar-refractivity contribution in [1.82, 2.24) is 14.5 Å². The van der Waals surface area contributed by atoms with E-state index in [9.17, 15) is 27.6 Å². The Bertz CT molecular complexity index is 1310. The number of likely N-dealkylation sites (N-methyl/N-ethyl adjacent to an activating group) is 1. The predicted molar refractivity (Wildman–Crippen MR) is 119 cm³/mol. The number of methoxy groups -OCH3 is 2. The number of aromatic nitrogens is 2. The first-order chi connectivity index (χ1) is 16.5. The normalized spacial score (nSPS) is 11.5. The fourth-order valence-corrected chi connectivity index (χ4v) is 3.58. The van der Waals surface area contributed by atoms with E-state index in [1.54, 1.807) is 37.6 Å². The van der Waals surface area contributed by atoms with Gasteiger partial charge in [-0.3, -0.25) is 19.5 Å². The van der Waals surface area contributed by atoms with Crippen molar-refractivity contribution in [2.45, 2.75) is 12.7 Å². The van der Waals surface area contributed by atoms with E-state index >= 15 is 0 Å². The molecule has 0 atom stereocenters. The van der Waals surface area contributed by atoms with Gasteiger partial charge >= 0.3 is 18.1 Å². The number of aryl methyl sites for hydroxylation is 1. The maximum absolute atomic E-state index is 12.5. The molecule has 3 rings (SSSR count). The van der Waals surface area contributed by atoms with Gasteiger partial charge in [0, 0.05) is 37.7 Å². The number of benzene rings is 1. The van der Waals surface area contributed by atoms with Gasteiger partial charge in [0.25, 0.3) is 5.56 Å². The number of carbonyl (C=O) groups is 2. The summed E-state index contributed by atoms with van der Waals surface area (Å²) >= 11 is 0. The number of rotatable bonds is 7. The summed E-state index contributed by atoms with van der Waals surface area (Å²) in [6.07, 6.45) is -0.525. The van der Waals surface area contributed by atoms with Crippen LogP contribution in [0.15, 0.2) is 41.6 Å². The van der Waals surface area contributed by atoms with Gasteiger partial charge in [0.15, 0.2) is 0 Å². The molecule has 0 bridgehead atoms. The quantitative estimate of drug-likeness (QED) is 0.366. The predicted octanol–water partition coefficient (Wildman–Crippen LogP) is 2.68. The second-order valence-corrected chi connectivity index (χ2v) is 7.67. The van der Waals surface area contributed by atoms with Gasteiger partial charge in [-0.2, -0.15) is 13.2 Å². The van der Waals surface area contributed by atoms with Crippen LogP contribution in [0.5, 0.6) is 11.5 Å². The van der Waals surface area contributed by atoms with Crippen LogP contribution in [0.2, 0.25) is 0 Å². The highest BCUT2D eigenvalue weighted by Crippen LogP contribution is 2.37. The summed E-state index contributed by atoms with van der Waals surface area (Å²) in [7, 11) is 5.94. The summed E-state index contributed by atoms with van der Waals surface area (Å²) < 4.78 is 53.3. The fourth-order valence-electron chi connectivity index (χ4n) is 3.58. The summed E-state index contributed by atoms with van der Waals surface area (Å²) in [5.41, 5.74) is 1.69. The van der Waals surface area contributed by atoms with Crippen molar-refractivity contribution in [3.8, 4) is 22.6 Å². The van der Waals surface area contributed by atoms with Gasteiger partial charge in [0.2, 0.25) is 0 Å². The number of alkyl halides is 3. The van der Waals surface area contributed by atoms with Gasteiger partial charge in [-0.15, -0.1) is 0 Å². The fraction of sp³-hybridized carbons (Fsp3) is 0.304. The van der Waals surface area contributed by atoms with Crippen LogP contribution in [0.1, 0.15) is 5.56 Å². The van der Waals surface area contributed by atoms with Gasteiger partial charge in [-0.1, -0.05) is 0 Å². The molecule has 0 radical (unpaired) electrons. The Balaban J connectivity index is 1.95. The molecule has 0 amide bonds. The number of esters is 2. The summed E-state index contributed by atoms with van der Waals surface area (Å²) in [4.78, 5) is 40.5. The van der Waals surface area contributed by atoms with Crippen molar-refractivity contribution in [2.75, 3.05) is 27.8 Å². The van der Waals surface area contributed by atoms with Crippen molar-refractivity contribution in [2.24, 2.45) is 7.05 Å². The van der Waals surface area contributed by atoms with Crippen LogP contribution in [0.3, 0.4) is 0 Å². The highest BCUT2D eigenvalue weighted by molar-refractivity contribution is 5.96. The van der Waals surface area contributed by atoms with E-state index in [1.807, 2.05) is 0 Å². The third-order valence-corrected chi connectivity index (χ3v) is 5.17. The maximum Gasteiger partial charge on any atom is 0.491 e. The molecule has 0 aliphatic carbocycles. The topological polar surface area (TPSA) is 100.0 Å². The Hall–Kier alpha value is -3.93. The SMILES string of the molecule is COc1cc(-c2cn(C)c(=O)c3cnccc23)cc(OC)c1CN(C)CC(=O)OC(=O)C(F)(F)F. The van der Waals surface area contributed by atoms with Gasteiger partial charge in [-0.05, 0) is 36.2 Å². The molecule has 0 spiro atoms. The number of carbonyl (C=O) groups excluding carboxylic acids is 2. The second kappa shape index (κ2) is 10.1. The summed E-state index contributed by atoms with van der Waals surface area (Å²) in [5.74, 6) is -3.17. The van der Waals surface area contributed by atoms with Crippen LogP contribution in [0.4, 0.5) is 13.2 Å². The first-order valence-electron chi connectivity index (χ1n) is 10.1. The summed E-state index contributed by atoms with van der Waals surface area (Å²) in [5, 5.41) is 1.11. The third-order valence-electron chi connectivity index (χ3n) is 5.17. The van der Waals surface area contributed by atoms with Crippen LogP contribution >= 0.6 is 0 Å². The van der Waals surface area contributed by atoms with Crippen LogP contribution < -0.4 is 15.0 Å². The van der Waals surface area contributed by atoms with Crippen LogP contribution in [-0.2, 0) is 27.9 Å². The lowest BCUT2D eigenvalue weighted by Gasteiger charge is -2.21. The van der Waals surface area contributed by atoms with Gasteiger partial charge in [0.05, 0.1) is 31.7 Å². The Morgan fingerprint density at radius 3 is 2.31 bits per heavy atom. The van der Waals surface area contributed by atoms with Gasteiger partial charge < -0.3 is 18.8 Å². The number of fused-ring (bicyclic) bond motifs is 1. The lowest BCUT2D eigenvalue weighted by atomic mass is 9.99. The molecule has 0 saturated heterocycles. The van der Waals surface area contributed by atoms with Gasteiger partial charge in [0.1, 0.15) is 11.5 Å². The molecule has 2 aromatic heterocycles. The lowest BCUT2D eigenvalue weighted by molar-refractivity contribution is -0.202. The average Bonchev–Trinajstić information content (AvgIpc) is 2.80. The van der Waals surface area contributed by atoms with E-state index in [-0.39, 0.29) is 12.1 Å². The summed E-state index contributed by atoms with van der Waals surface area (Å²) in [6.45, 7) is -0.561. The Morgan fingerprint density at radius 2 is 1.74 bits per heavy atom. The third kappa shape index (κ3) is 5.60. The molecule has 3 aromatic rings. The first-order valence-corrected chi connectivity index (χ1v) is 10.1. The molecule has 0 N–H and O–H groups in total. The number of halogens is 3. The van der Waals surface area contributed by atoms with E-state index < -0.39 is 24.7 Å². The molecule has 0 unspecified atom stereocenters. The molecular weight excluding hydrogens is 471 g/mol. The largest absolute Gasteiger partial charge is 0.496 e. The molecular formula is C23H22F3N3O6. The smallest absolute Gasteiger partial charge is 0.491 e. The second-order valence-electron chi connectivity index (χ2n) is 7.67.